The van der Waals surface area contributed by atoms with Crippen molar-refractivity contribution in [2.45, 2.75) is 4.90 Å². The van der Waals surface area contributed by atoms with Gasteiger partial charge in [0, 0.05) is 41.0 Å². The number of carbonyl (C=O) groups is 1. The van der Waals surface area contributed by atoms with E-state index in [2.05, 4.69) is 32.8 Å². The molecule has 1 saturated heterocycles. The lowest BCUT2D eigenvalue weighted by Gasteiger charge is -2.31. The number of nitrogens with zero attached hydrogens (tertiary/aromatic N) is 2. The van der Waals surface area contributed by atoms with E-state index in [-0.39, 0.29) is 10.8 Å². The van der Waals surface area contributed by atoms with E-state index in [1.165, 1.54) is 16.4 Å². The highest BCUT2D eigenvalue weighted by atomic mass is 127. The number of carbonyl (C=O) groups excluding carboxylic acids is 1. The Balaban J connectivity index is 1.70. The van der Waals surface area contributed by atoms with Crippen molar-refractivity contribution in [2.24, 2.45) is 0 Å². The predicted molar refractivity (Wildman–Crippen MR) is 110 cm³/mol. The van der Waals surface area contributed by atoms with E-state index in [4.69, 9.17) is 0 Å². The molecule has 0 radical (unpaired) electrons. The zero-order valence-corrected chi connectivity index (χ0v) is 17.3. The average molecular weight is 485 g/mol. The Labute approximate surface area is 167 Å². The van der Waals surface area contributed by atoms with Crippen LogP contribution in [0.15, 0.2) is 53.4 Å². The summed E-state index contributed by atoms with van der Waals surface area (Å²) in [6, 6.07) is 13.5. The zero-order chi connectivity index (χ0) is 18.7. The molecular formula is C18H20IN3O3S. The number of rotatable bonds is 4. The molecule has 1 amide bonds. The van der Waals surface area contributed by atoms with Gasteiger partial charge in [-0.05, 0) is 78.2 Å². The molecule has 0 spiro atoms. The Morgan fingerprint density at radius 3 is 2.12 bits per heavy atom. The van der Waals surface area contributed by atoms with Crippen LogP contribution >= 0.6 is 22.6 Å². The highest BCUT2D eigenvalue weighted by molar-refractivity contribution is 14.1. The van der Waals surface area contributed by atoms with Crippen molar-refractivity contribution in [3.63, 3.8) is 0 Å². The Kier molecular flexibility index (Phi) is 5.96. The summed E-state index contributed by atoms with van der Waals surface area (Å²) in [7, 11) is -1.51. The van der Waals surface area contributed by atoms with Gasteiger partial charge in [0.2, 0.25) is 10.0 Å². The number of benzene rings is 2. The zero-order valence-electron chi connectivity index (χ0n) is 14.4. The normalized spacial score (nSPS) is 16.4. The first-order valence-electron chi connectivity index (χ1n) is 8.22. The van der Waals surface area contributed by atoms with Gasteiger partial charge < -0.3 is 10.2 Å². The first-order valence-corrected chi connectivity index (χ1v) is 10.7. The number of amides is 1. The van der Waals surface area contributed by atoms with Crippen LogP contribution in [-0.4, -0.2) is 56.8 Å². The summed E-state index contributed by atoms with van der Waals surface area (Å²) in [6.45, 7) is 2.43. The summed E-state index contributed by atoms with van der Waals surface area (Å²) in [6.07, 6.45) is 0. The lowest BCUT2D eigenvalue weighted by Crippen LogP contribution is -2.46. The molecule has 6 nitrogen and oxygen atoms in total. The van der Waals surface area contributed by atoms with Gasteiger partial charge in [0.15, 0.2) is 0 Å². The van der Waals surface area contributed by atoms with E-state index in [0.29, 0.717) is 24.3 Å². The maximum atomic E-state index is 12.7. The monoisotopic (exact) mass is 485 g/mol. The van der Waals surface area contributed by atoms with Crippen LogP contribution in [-0.2, 0) is 10.0 Å². The molecule has 0 bridgehead atoms. The number of nitrogens with one attached hydrogen (secondary N) is 1. The minimum Gasteiger partial charge on any atom is -0.322 e. The van der Waals surface area contributed by atoms with Crippen LogP contribution in [0.25, 0.3) is 0 Å². The average Bonchev–Trinajstić information content (AvgIpc) is 2.63. The highest BCUT2D eigenvalue weighted by Crippen LogP contribution is 2.20. The largest absolute Gasteiger partial charge is 0.322 e. The van der Waals surface area contributed by atoms with Gasteiger partial charge >= 0.3 is 0 Å². The lowest BCUT2D eigenvalue weighted by molar-refractivity contribution is 0.102. The molecule has 2 aromatic carbocycles. The van der Waals surface area contributed by atoms with Crippen LogP contribution in [0.1, 0.15) is 10.4 Å². The van der Waals surface area contributed by atoms with E-state index < -0.39 is 10.0 Å². The minimum absolute atomic E-state index is 0.226. The van der Waals surface area contributed by atoms with Crippen molar-refractivity contribution < 1.29 is 13.2 Å². The molecule has 0 aromatic heterocycles. The molecule has 0 aliphatic carbocycles. The second-order valence-electron chi connectivity index (χ2n) is 6.19. The number of anilines is 1. The second kappa shape index (κ2) is 8.03. The molecule has 1 N–H and O–H groups in total. The Morgan fingerprint density at radius 1 is 0.962 bits per heavy atom. The molecule has 8 heteroatoms. The number of halogens is 1. The summed E-state index contributed by atoms with van der Waals surface area (Å²) in [5.74, 6) is -0.226. The van der Waals surface area contributed by atoms with E-state index in [9.17, 15) is 13.2 Å². The van der Waals surface area contributed by atoms with Crippen molar-refractivity contribution in [1.82, 2.24) is 9.21 Å². The third-order valence-corrected chi connectivity index (χ3v) is 6.95. The first-order chi connectivity index (χ1) is 12.4. The third kappa shape index (κ3) is 4.43. The van der Waals surface area contributed by atoms with Crippen LogP contribution in [0.3, 0.4) is 0 Å². The Hall–Kier alpha value is -1.49. The van der Waals surface area contributed by atoms with E-state index in [0.717, 1.165) is 16.7 Å². The predicted octanol–water partition coefficient (Wildman–Crippen LogP) is 2.48. The fraction of sp³-hybridized carbons (Fsp3) is 0.278. The van der Waals surface area contributed by atoms with E-state index >= 15 is 0 Å². The van der Waals surface area contributed by atoms with Crippen LogP contribution < -0.4 is 5.32 Å². The molecule has 0 saturated carbocycles. The van der Waals surface area contributed by atoms with Crippen LogP contribution in [0.5, 0.6) is 0 Å². The van der Waals surface area contributed by atoms with E-state index in [1.54, 1.807) is 24.3 Å². The van der Waals surface area contributed by atoms with Crippen LogP contribution in [0.2, 0.25) is 0 Å². The number of piperazine rings is 1. The molecule has 1 aliphatic heterocycles. The number of hydrogen-bond donors (Lipinski definition) is 1. The van der Waals surface area contributed by atoms with Crippen LogP contribution in [0.4, 0.5) is 5.69 Å². The molecule has 3 rings (SSSR count). The van der Waals surface area contributed by atoms with Gasteiger partial charge in [-0.25, -0.2) is 8.42 Å². The Morgan fingerprint density at radius 2 is 1.54 bits per heavy atom. The molecule has 1 fully saturated rings. The topological polar surface area (TPSA) is 69.7 Å². The molecular weight excluding hydrogens is 465 g/mol. The van der Waals surface area contributed by atoms with Gasteiger partial charge in [-0.2, -0.15) is 4.31 Å². The first kappa shape index (κ1) is 19.3. The molecule has 1 aliphatic rings. The molecule has 26 heavy (non-hydrogen) atoms. The summed E-state index contributed by atoms with van der Waals surface area (Å²) in [5.41, 5.74) is 1.12. The van der Waals surface area contributed by atoms with Gasteiger partial charge in [0.25, 0.3) is 5.91 Å². The van der Waals surface area contributed by atoms with Gasteiger partial charge in [-0.1, -0.05) is 0 Å². The van der Waals surface area contributed by atoms with Crippen molar-refractivity contribution in [1.29, 1.82) is 0 Å². The fourth-order valence-electron chi connectivity index (χ4n) is 2.69. The summed E-state index contributed by atoms with van der Waals surface area (Å²) in [4.78, 5) is 14.6. The molecule has 0 unspecified atom stereocenters. The fourth-order valence-corrected chi connectivity index (χ4v) is 4.47. The number of sulfonamides is 1. The van der Waals surface area contributed by atoms with Gasteiger partial charge in [0.1, 0.15) is 0 Å². The van der Waals surface area contributed by atoms with Crippen molar-refractivity contribution >= 4 is 44.2 Å². The molecule has 2 aromatic rings. The summed E-state index contributed by atoms with van der Waals surface area (Å²) in [5, 5.41) is 2.79. The Bertz CT molecular complexity index is 875. The molecule has 1 heterocycles. The van der Waals surface area contributed by atoms with Gasteiger partial charge in [-0.15, -0.1) is 0 Å². The van der Waals surface area contributed by atoms with Crippen LogP contribution in [0, 0.1) is 3.57 Å². The quantitative estimate of drug-likeness (QED) is 0.676. The lowest BCUT2D eigenvalue weighted by atomic mass is 10.2. The van der Waals surface area contributed by atoms with Crippen molar-refractivity contribution in [2.75, 3.05) is 38.5 Å². The maximum Gasteiger partial charge on any atom is 0.255 e. The van der Waals surface area contributed by atoms with E-state index in [1.807, 2.05) is 19.2 Å². The number of likely N-dealkylation sites (N-methyl/N-ethyl adjacent to an activating group) is 1. The number of hydrogen-bond acceptors (Lipinski definition) is 4. The standard InChI is InChI=1S/C18H20IN3O3S/c1-21-10-12-22(13-11-21)26(24,25)17-8-6-16(7-9-17)20-18(23)14-2-4-15(19)5-3-14/h2-9H,10-13H2,1H3,(H,20,23). The summed E-state index contributed by atoms with van der Waals surface area (Å²) >= 11 is 2.18. The minimum atomic E-state index is -3.49. The third-order valence-electron chi connectivity index (χ3n) is 4.32. The van der Waals surface area contributed by atoms with Gasteiger partial charge in [0.05, 0.1) is 4.90 Å². The second-order valence-corrected chi connectivity index (χ2v) is 9.38. The van der Waals surface area contributed by atoms with Gasteiger partial charge in [-0.3, -0.25) is 4.79 Å². The maximum absolute atomic E-state index is 12.7. The summed E-state index contributed by atoms with van der Waals surface area (Å²) < 4.78 is 28.0. The molecule has 0 atom stereocenters. The molecule has 138 valence electrons. The highest BCUT2D eigenvalue weighted by Gasteiger charge is 2.27. The smallest absolute Gasteiger partial charge is 0.255 e. The van der Waals surface area contributed by atoms with Crippen molar-refractivity contribution in [3.05, 3.63) is 57.7 Å². The SMILES string of the molecule is CN1CCN(S(=O)(=O)c2ccc(NC(=O)c3ccc(I)cc3)cc2)CC1. The van der Waals surface area contributed by atoms with Crippen molar-refractivity contribution in [3.8, 4) is 0 Å².